The number of hydrogen-bond donors (Lipinski definition) is 0. The van der Waals surface area contributed by atoms with Crippen LogP contribution in [-0.4, -0.2) is 85.7 Å². The molecule has 4 aliphatic heterocycles. The largest absolute Gasteiger partial charge is 0.458 e. The molecule has 0 radical (unpaired) electrons. The molecule has 0 aromatic rings. The molecule has 2 aliphatic carbocycles. The monoisotopic (exact) mass is 435 g/mol. The lowest BCUT2D eigenvalue weighted by Crippen LogP contribution is -2.48. The van der Waals surface area contributed by atoms with Crippen LogP contribution in [0.4, 0.5) is 0 Å². The van der Waals surface area contributed by atoms with Gasteiger partial charge in [0.25, 0.3) is 0 Å². The van der Waals surface area contributed by atoms with E-state index in [9.17, 15) is 14.4 Å². The van der Waals surface area contributed by atoms with Crippen molar-refractivity contribution in [2.75, 3.05) is 32.8 Å². The Balaban J connectivity index is 1.16. The molecule has 9 unspecified atom stereocenters. The summed E-state index contributed by atoms with van der Waals surface area (Å²) in [6, 6.07) is 0. The van der Waals surface area contributed by atoms with Crippen molar-refractivity contribution in [3.8, 4) is 0 Å². The van der Waals surface area contributed by atoms with Gasteiger partial charge in [0.2, 0.25) is 0 Å². The van der Waals surface area contributed by atoms with Gasteiger partial charge in [0, 0.05) is 31.3 Å². The van der Waals surface area contributed by atoms with Crippen LogP contribution in [0.15, 0.2) is 0 Å². The third kappa shape index (κ3) is 3.11. The van der Waals surface area contributed by atoms with Crippen LogP contribution in [0.2, 0.25) is 0 Å². The highest BCUT2D eigenvalue weighted by Gasteiger charge is 2.70. The Hall–Kier alpha value is -1.71. The second kappa shape index (κ2) is 7.15. The average molecular weight is 435 g/mol. The molecule has 170 valence electrons. The fourth-order valence-corrected chi connectivity index (χ4v) is 6.89. The minimum absolute atomic E-state index is 0.0783. The van der Waals surface area contributed by atoms with Crippen molar-refractivity contribution in [3.05, 3.63) is 0 Å². The van der Waals surface area contributed by atoms with Crippen molar-refractivity contribution in [2.45, 2.75) is 62.6 Å². The van der Waals surface area contributed by atoms with Crippen molar-refractivity contribution in [3.63, 3.8) is 0 Å². The Kier molecular flexibility index (Phi) is 4.60. The first-order chi connectivity index (χ1) is 14.9. The van der Waals surface area contributed by atoms with Gasteiger partial charge in [-0.2, -0.15) is 0 Å². The van der Waals surface area contributed by atoms with Crippen molar-refractivity contribution in [1.29, 1.82) is 0 Å². The van der Waals surface area contributed by atoms with Crippen LogP contribution in [0, 0.1) is 23.7 Å². The number of rotatable bonds is 5. The molecule has 31 heavy (non-hydrogen) atoms. The predicted octanol–water partition coefficient (Wildman–Crippen LogP) is 0.291. The van der Waals surface area contributed by atoms with Gasteiger partial charge < -0.3 is 23.7 Å². The van der Waals surface area contributed by atoms with E-state index in [2.05, 4.69) is 0 Å². The summed E-state index contributed by atoms with van der Waals surface area (Å²) in [6.07, 6.45) is 2.28. The normalized spacial score (nSPS) is 47.6. The van der Waals surface area contributed by atoms with Crippen LogP contribution in [0.5, 0.6) is 0 Å². The molecule has 0 N–H and O–H groups in total. The molecule has 9 heteroatoms. The zero-order valence-corrected chi connectivity index (χ0v) is 17.7. The van der Waals surface area contributed by atoms with Crippen molar-refractivity contribution >= 4 is 17.9 Å². The Bertz CT molecular complexity index is 796. The van der Waals surface area contributed by atoms with E-state index in [-0.39, 0.29) is 48.5 Å². The molecule has 2 saturated carbocycles. The van der Waals surface area contributed by atoms with Gasteiger partial charge in [0.1, 0.15) is 17.8 Å². The van der Waals surface area contributed by atoms with Gasteiger partial charge in [-0.1, -0.05) is 0 Å². The minimum atomic E-state index is -0.647. The number of fused-ring (bicyclic) bond motifs is 3. The second-order valence-electron chi connectivity index (χ2n) is 10.1. The third-order valence-corrected chi connectivity index (χ3v) is 8.30. The van der Waals surface area contributed by atoms with Gasteiger partial charge in [-0.25, -0.2) is 0 Å². The molecule has 0 aromatic carbocycles. The molecular formula is C22H29NO8. The van der Waals surface area contributed by atoms with Crippen LogP contribution in [0.1, 0.15) is 32.6 Å². The lowest BCUT2D eigenvalue weighted by molar-refractivity contribution is -0.178. The molecule has 9 atom stereocenters. The summed E-state index contributed by atoms with van der Waals surface area (Å²) in [7, 11) is 0. The standard InChI is InChI=1S/C22H29NO8/c1-22(9-11-2-3-14(22)28-11)31-21(26)17-13-8-12-16(17)20(25)30-19(12)18(13)29-15(24)10-23-4-6-27-7-5-23/h11-14,16-19H,2-10H2,1H3. The van der Waals surface area contributed by atoms with Gasteiger partial charge in [0.05, 0.1) is 43.8 Å². The SMILES string of the molecule is CC1(OC(=O)C2C3CC4C(OC(=O)C42)C3OC(=O)CN2CCOCC2)CC2CCC1O2. The van der Waals surface area contributed by atoms with E-state index in [1.807, 2.05) is 11.8 Å². The van der Waals surface area contributed by atoms with E-state index in [1.165, 1.54) is 0 Å². The highest BCUT2D eigenvalue weighted by atomic mass is 16.6. The average Bonchev–Trinajstić information content (AvgIpc) is 3.50. The van der Waals surface area contributed by atoms with Crippen LogP contribution >= 0.6 is 0 Å². The van der Waals surface area contributed by atoms with E-state index >= 15 is 0 Å². The van der Waals surface area contributed by atoms with Crippen LogP contribution in [-0.2, 0) is 38.1 Å². The third-order valence-electron chi connectivity index (χ3n) is 8.30. The Morgan fingerprint density at radius 1 is 1.19 bits per heavy atom. The summed E-state index contributed by atoms with van der Waals surface area (Å²) in [4.78, 5) is 40.5. The number of hydrogen-bond acceptors (Lipinski definition) is 9. The summed E-state index contributed by atoms with van der Waals surface area (Å²) in [5, 5.41) is 0. The van der Waals surface area contributed by atoms with Crippen molar-refractivity contribution in [1.82, 2.24) is 4.90 Å². The summed E-state index contributed by atoms with van der Waals surface area (Å²) in [5.41, 5.74) is -0.647. The fraction of sp³-hybridized carbons (Fsp3) is 0.864. The zero-order valence-electron chi connectivity index (χ0n) is 17.7. The van der Waals surface area contributed by atoms with Gasteiger partial charge in [0.15, 0.2) is 0 Å². The number of carbonyl (C=O) groups is 3. The Morgan fingerprint density at radius 2 is 2.00 bits per heavy atom. The highest BCUT2D eigenvalue weighted by Crippen LogP contribution is 2.59. The fourth-order valence-electron chi connectivity index (χ4n) is 6.89. The maximum Gasteiger partial charge on any atom is 0.320 e. The summed E-state index contributed by atoms with van der Waals surface area (Å²) in [5.74, 6) is -2.51. The molecule has 4 bridgehead atoms. The Morgan fingerprint density at radius 3 is 2.71 bits per heavy atom. The highest BCUT2D eigenvalue weighted by molar-refractivity contribution is 5.86. The summed E-state index contributed by atoms with van der Waals surface area (Å²) >= 11 is 0. The van der Waals surface area contributed by atoms with Crippen molar-refractivity contribution in [2.24, 2.45) is 23.7 Å². The van der Waals surface area contributed by atoms with E-state index in [4.69, 9.17) is 23.7 Å². The lowest BCUT2D eigenvalue weighted by Gasteiger charge is -2.35. The first-order valence-corrected chi connectivity index (χ1v) is 11.5. The van der Waals surface area contributed by atoms with E-state index in [0.29, 0.717) is 39.1 Å². The van der Waals surface area contributed by atoms with Crippen LogP contribution in [0.25, 0.3) is 0 Å². The first kappa shape index (κ1) is 19.9. The number of morpholine rings is 1. The smallest absolute Gasteiger partial charge is 0.320 e. The molecule has 9 nitrogen and oxygen atoms in total. The van der Waals surface area contributed by atoms with Gasteiger partial charge >= 0.3 is 17.9 Å². The van der Waals surface area contributed by atoms with Crippen LogP contribution < -0.4 is 0 Å². The molecule has 0 aromatic heterocycles. The second-order valence-corrected chi connectivity index (χ2v) is 10.1. The molecule has 0 spiro atoms. The molecular weight excluding hydrogens is 406 g/mol. The molecule has 4 heterocycles. The van der Waals surface area contributed by atoms with E-state index in [0.717, 1.165) is 12.8 Å². The topological polar surface area (TPSA) is 101 Å². The van der Waals surface area contributed by atoms with Gasteiger partial charge in [-0.15, -0.1) is 0 Å². The molecule has 6 fully saturated rings. The zero-order chi connectivity index (χ0) is 21.3. The molecule has 6 aliphatic rings. The van der Waals surface area contributed by atoms with Gasteiger partial charge in [-0.05, 0) is 26.2 Å². The number of ether oxygens (including phenoxy) is 5. The summed E-state index contributed by atoms with van der Waals surface area (Å²) < 4.78 is 28.6. The first-order valence-electron chi connectivity index (χ1n) is 11.5. The molecule has 6 rings (SSSR count). The van der Waals surface area contributed by atoms with E-state index < -0.39 is 29.6 Å². The maximum absolute atomic E-state index is 13.3. The number of carbonyl (C=O) groups excluding carboxylic acids is 3. The summed E-state index contributed by atoms with van der Waals surface area (Å²) in [6.45, 7) is 4.67. The molecule has 0 amide bonds. The minimum Gasteiger partial charge on any atom is -0.458 e. The molecule has 4 saturated heterocycles. The van der Waals surface area contributed by atoms with Gasteiger partial charge in [-0.3, -0.25) is 19.3 Å². The lowest BCUT2D eigenvalue weighted by atomic mass is 9.78. The number of esters is 3. The number of nitrogens with zero attached hydrogens (tertiary/aromatic N) is 1. The van der Waals surface area contributed by atoms with E-state index in [1.54, 1.807) is 0 Å². The Labute approximate surface area is 180 Å². The predicted molar refractivity (Wildman–Crippen MR) is 103 cm³/mol. The quantitative estimate of drug-likeness (QED) is 0.445. The maximum atomic E-state index is 13.3. The van der Waals surface area contributed by atoms with Crippen molar-refractivity contribution < 1.29 is 38.1 Å². The van der Waals surface area contributed by atoms with Crippen LogP contribution in [0.3, 0.4) is 0 Å².